The van der Waals surface area contributed by atoms with Crippen LogP contribution in [0.2, 0.25) is 0 Å². The SMILES string of the molecule is CCCCN(Cc1cnc(NN)cn1)C(C)CC. The van der Waals surface area contributed by atoms with E-state index in [2.05, 4.69) is 41.1 Å². The fourth-order valence-electron chi connectivity index (χ4n) is 1.79. The van der Waals surface area contributed by atoms with Gasteiger partial charge in [0.25, 0.3) is 0 Å². The number of anilines is 1. The zero-order valence-corrected chi connectivity index (χ0v) is 11.7. The summed E-state index contributed by atoms with van der Waals surface area (Å²) in [5.74, 6) is 5.87. The molecule has 102 valence electrons. The first-order valence-electron chi connectivity index (χ1n) is 6.72. The van der Waals surface area contributed by atoms with Gasteiger partial charge >= 0.3 is 0 Å². The van der Waals surface area contributed by atoms with Gasteiger partial charge in [-0.2, -0.15) is 0 Å². The van der Waals surface area contributed by atoms with Gasteiger partial charge in [-0.25, -0.2) is 10.8 Å². The van der Waals surface area contributed by atoms with Crippen LogP contribution in [0.5, 0.6) is 0 Å². The number of hydrogen-bond donors (Lipinski definition) is 2. The Hall–Kier alpha value is -1.20. The molecule has 1 aromatic heterocycles. The molecule has 1 aromatic rings. The average molecular weight is 251 g/mol. The molecule has 1 rings (SSSR count). The van der Waals surface area contributed by atoms with Crippen molar-refractivity contribution in [3.63, 3.8) is 0 Å². The molecule has 3 N–H and O–H groups in total. The van der Waals surface area contributed by atoms with Crippen molar-refractivity contribution in [2.75, 3.05) is 12.0 Å². The molecule has 0 amide bonds. The summed E-state index contributed by atoms with van der Waals surface area (Å²) in [6, 6.07) is 0.575. The first kappa shape index (κ1) is 14.9. The van der Waals surface area contributed by atoms with Crippen molar-refractivity contribution in [1.82, 2.24) is 14.9 Å². The van der Waals surface area contributed by atoms with Crippen LogP contribution in [0.3, 0.4) is 0 Å². The molecule has 0 saturated carbocycles. The fraction of sp³-hybridized carbons (Fsp3) is 0.692. The highest BCUT2D eigenvalue weighted by Crippen LogP contribution is 2.10. The van der Waals surface area contributed by atoms with Crippen LogP contribution in [0, 0.1) is 0 Å². The number of nitrogens with one attached hydrogen (secondary N) is 1. The second-order valence-electron chi connectivity index (χ2n) is 4.62. The Morgan fingerprint density at radius 3 is 2.61 bits per heavy atom. The monoisotopic (exact) mass is 251 g/mol. The minimum atomic E-state index is 0.575. The van der Waals surface area contributed by atoms with Crippen molar-refractivity contribution >= 4 is 5.82 Å². The molecule has 0 bridgehead atoms. The normalized spacial score (nSPS) is 12.7. The third kappa shape index (κ3) is 4.58. The number of hydrogen-bond acceptors (Lipinski definition) is 5. The summed E-state index contributed by atoms with van der Waals surface area (Å²) in [4.78, 5) is 11.0. The minimum absolute atomic E-state index is 0.575. The van der Waals surface area contributed by atoms with Gasteiger partial charge < -0.3 is 5.43 Å². The lowest BCUT2D eigenvalue weighted by molar-refractivity contribution is 0.190. The molecule has 0 aliphatic heterocycles. The molecule has 0 aliphatic carbocycles. The number of hydrazine groups is 1. The van der Waals surface area contributed by atoms with Crippen LogP contribution < -0.4 is 11.3 Å². The van der Waals surface area contributed by atoms with Gasteiger partial charge in [-0.15, -0.1) is 0 Å². The van der Waals surface area contributed by atoms with E-state index in [0.29, 0.717) is 11.9 Å². The highest BCUT2D eigenvalue weighted by molar-refractivity contribution is 5.28. The molecule has 1 unspecified atom stereocenters. The number of nitrogens with zero attached hydrogens (tertiary/aromatic N) is 3. The number of aromatic nitrogens is 2. The molecule has 1 heterocycles. The van der Waals surface area contributed by atoms with E-state index in [1.165, 1.54) is 12.8 Å². The molecular formula is C13H25N5. The maximum Gasteiger partial charge on any atom is 0.158 e. The van der Waals surface area contributed by atoms with Gasteiger partial charge in [-0.3, -0.25) is 9.88 Å². The Bertz CT molecular complexity index is 325. The quantitative estimate of drug-likeness (QED) is 0.547. The smallest absolute Gasteiger partial charge is 0.158 e. The molecule has 0 fully saturated rings. The van der Waals surface area contributed by atoms with E-state index in [1.807, 2.05) is 0 Å². The summed E-state index contributed by atoms with van der Waals surface area (Å²) in [7, 11) is 0. The third-order valence-corrected chi connectivity index (χ3v) is 3.23. The second kappa shape index (κ2) is 8.00. The topological polar surface area (TPSA) is 67.1 Å². The van der Waals surface area contributed by atoms with E-state index >= 15 is 0 Å². The molecule has 0 radical (unpaired) electrons. The lowest BCUT2D eigenvalue weighted by Gasteiger charge is -2.27. The van der Waals surface area contributed by atoms with Gasteiger partial charge in [0.05, 0.1) is 18.1 Å². The summed E-state index contributed by atoms with van der Waals surface area (Å²) in [6.07, 6.45) is 7.05. The van der Waals surface area contributed by atoms with Crippen molar-refractivity contribution in [1.29, 1.82) is 0 Å². The Morgan fingerprint density at radius 2 is 2.11 bits per heavy atom. The maximum atomic E-state index is 5.27. The first-order valence-corrected chi connectivity index (χ1v) is 6.72. The second-order valence-corrected chi connectivity index (χ2v) is 4.62. The number of nitrogen functional groups attached to an aromatic ring is 1. The van der Waals surface area contributed by atoms with Gasteiger partial charge in [-0.1, -0.05) is 20.3 Å². The molecular weight excluding hydrogens is 226 g/mol. The van der Waals surface area contributed by atoms with Crippen LogP contribution in [-0.4, -0.2) is 27.5 Å². The molecule has 0 spiro atoms. The van der Waals surface area contributed by atoms with Crippen LogP contribution >= 0.6 is 0 Å². The van der Waals surface area contributed by atoms with Crippen molar-refractivity contribution in [2.24, 2.45) is 5.84 Å². The van der Waals surface area contributed by atoms with Gasteiger partial charge in [0.1, 0.15) is 0 Å². The Balaban J connectivity index is 2.62. The summed E-state index contributed by atoms with van der Waals surface area (Å²) < 4.78 is 0. The predicted octanol–water partition coefficient (Wildman–Crippen LogP) is 2.16. The molecule has 0 aliphatic rings. The van der Waals surface area contributed by atoms with Crippen LogP contribution in [0.25, 0.3) is 0 Å². The molecule has 0 aromatic carbocycles. The van der Waals surface area contributed by atoms with Crippen molar-refractivity contribution in [2.45, 2.75) is 52.6 Å². The molecule has 5 heteroatoms. The van der Waals surface area contributed by atoms with E-state index in [9.17, 15) is 0 Å². The van der Waals surface area contributed by atoms with Crippen molar-refractivity contribution in [3.8, 4) is 0 Å². The number of rotatable bonds is 8. The van der Waals surface area contributed by atoms with Gasteiger partial charge in [-0.05, 0) is 26.3 Å². The predicted molar refractivity (Wildman–Crippen MR) is 74.9 cm³/mol. The van der Waals surface area contributed by atoms with Crippen molar-refractivity contribution < 1.29 is 0 Å². The fourth-order valence-corrected chi connectivity index (χ4v) is 1.79. The first-order chi connectivity index (χ1) is 8.71. The highest BCUT2D eigenvalue weighted by atomic mass is 15.3. The lowest BCUT2D eigenvalue weighted by atomic mass is 10.2. The summed E-state index contributed by atoms with van der Waals surface area (Å²) in [6.45, 7) is 8.67. The average Bonchev–Trinajstić information content (AvgIpc) is 2.43. The summed E-state index contributed by atoms with van der Waals surface area (Å²) in [5, 5.41) is 0. The van der Waals surface area contributed by atoms with Crippen LogP contribution in [0.1, 0.15) is 45.7 Å². The number of unbranched alkanes of at least 4 members (excludes halogenated alkanes) is 1. The summed E-state index contributed by atoms with van der Waals surface area (Å²) in [5.41, 5.74) is 3.48. The summed E-state index contributed by atoms with van der Waals surface area (Å²) >= 11 is 0. The molecule has 1 atom stereocenters. The van der Waals surface area contributed by atoms with E-state index < -0.39 is 0 Å². The Kier molecular flexibility index (Phi) is 6.60. The minimum Gasteiger partial charge on any atom is -0.307 e. The van der Waals surface area contributed by atoms with Crippen LogP contribution in [0.4, 0.5) is 5.82 Å². The van der Waals surface area contributed by atoms with E-state index in [0.717, 1.165) is 25.2 Å². The maximum absolute atomic E-state index is 5.27. The Morgan fingerprint density at radius 1 is 1.33 bits per heavy atom. The van der Waals surface area contributed by atoms with E-state index in [1.54, 1.807) is 12.4 Å². The van der Waals surface area contributed by atoms with Crippen LogP contribution in [0.15, 0.2) is 12.4 Å². The molecule has 0 saturated heterocycles. The van der Waals surface area contributed by atoms with Crippen LogP contribution in [-0.2, 0) is 6.54 Å². The van der Waals surface area contributed by atoms with Gasteiger partial charge in [0.2, 0.25) is 0 Å². The lowest BCUT2D eigenvalue weighted by Crippen LogP contribution is -2.33. The van der Waals surface area contributed by atoms with E-state index in [4.69, 9.17) is 5.84 Å². The molecule has 18 heavy (non-hydrogen) atoms. The van der Waals surface area contributed by atoms with Gasteiger partial charge in [0, 0.05) is 12.6 Å². The van der Waals surface area contributed by atoms with Gasteiger partial charge in [0.15, 0.2) is 5.82 Å². The highest BCUT2D eigenvalue weighted by Gasteiger charge is 2.12. The standard InChI is InChI=1S/C13H25N5/c1-4-6-7-18(11(3)5-2)10-12-8-16-13(17-14)9-15-12/h8-9,11H,4-7,10,14H2,1-3H3,(H,16,17). The Labute approximate surface area is 110 Å². The zero-order chi connectivity index (χ0) is 13.4. The largest absolute Gasteiger partial charge is 0.307 e. The zero-order valence-electron chi connectivity index (χ0n) is 11.7. The van der Waals surface area contributed by atoms with E-state index in [-0.39, 0.29) is 0 Å². The molecule has 5 nitrogen and oxygen atoms in total. The third-order valence-electron chi connectivity index (χ3n) is 3.23. The van der Waals surface area contributed by atoms with Crippen molar-refractivity contribution in [3.05, 3.63) is 18.1 Å². The number of nitrogens with two attached hydrogens (primary N) is 1.